The Morgan fingerprint density at radius 1 is 0.791 bits per heavy atom. The second-order valence-electron chi connectivity index (χ2n) is 15.7. The molecule has 16 heteroatoms. The quantitative estimate of drug-likeness (QED) is 0.0353. The highest BCUT2D eigenvalue weighted by Gasteiger charge is 2.26. The van der Waals surface area contributed by atoms with Crippen molar-refractivity contribution >= 4 is 45.9 Å². The zero-order valence-corrected chi connectivity index (χ0v) is 39.9. The fourth-order valence-electron chi connectivity index (χ4n) is 6.86. The topological polar surface area (TPSA) is 188 Å². The smallest absolute Gasteiger partial charge is 0.344 e. The van der Waals surface area contributed by atoms with Crippen molar-refractivity contribution in [2.75, 3.05) is 13.7 Å². The predicted octanol–water partition coefficient (Wildman–Crippen LogP) is 11.9. The lowest BCUT2D eigenvalue weighted by molar-refractivity contribution is -0.146. The van der Waals surface area contributed by atoms with Crippen LogP contribution < -0.4 is 18.9 Å². The van der Waals surface area contributed by atoms with Gasteiger partial charge in [0.15, 0.2) is 35.6 Å². The molecule has 3 atom stereocenters. The van der Waals surface area contributed by atoms with E-state index in [0.717, 1.165) is 51.0 Å². The van der Waals surface area contributed by atoms with E-state index < -0.39 is 48.1 Å². The van der Waals surface area contributed by atoms with Gasteiger partial charge < -0.3 is 39.0 Å². The first-order valence-electron chi connectivity index (χ1n) is 22.3. The van der Waals surface area contributed by atoms with Crippen molar-refractivity contribution in [3.05, 3.63) is 119 Å². The molecule has 67 heavy (non-hydrogen) atoms. The number of carboxylic acids is 3. The number of aliphatic carboxylic acids is 3. The van der Waals surface area contributed by atoms with Gasteiger partial charge >= 0.3 is 23.9 Å². The summed E-state index contributed by atoms with van der Waals surface area (Å²) >= 11 is 3.26. The number of carbonyl (C=O) groups is 4. The summed E-state index contributed by atoms with van der Waals surface area (Å²) in [6.45, 7) is 6.36. The highest BCUT2D eigenvalue weighted by atomic mass is 79.9. The number of pyridine rings is 1. The maximum Gasteiger partial charge on any atom is 0.344 e. The van der Waals surface area contributed by atoms with E-state index in [4.69, 9.17) is 28.8 Å². The Balaban J connectivity index is 0.000000274. The van der Waals surface area contributed by atoms with Crippen LogP contribution in [0.25, 0.3) is 6.08 Å². The van der Waals surface area contributed by atoms with E-state index >= 15 is 0 Å². The van der Waals surface area contributed by atoms with Crippen molar-refractivity contribution < 1.29 is 67.0 Å². The third kappa shape index (κ3) is 21.0. The van der Waals surface area contributed by atoms with Crippen LogP contribution in [0.4, 0.5) is 8.78 Å². The van der Waals surface area contributed by atoms with Crippen molar-refractivity contribution in [2.45, 2.75) is 128 Å². The number of carbonyl (C=O) groups excluding carboxylic acids is 1. The summed E-state index contributed by atoms with van der Waals surface area (Å²) in [7, 11) is 1.49. The average molecular weight is 999 g/mol. The summed E-state index contributed by atoms with van der Waals surface area (Å²) in [5.74, 6) is -4.87. The molecule has 0 fully saturated rings. The molecule has 364 valence electrons. The molecule has 1 heterocycles. The first-order chi connectivity index (χ1) is 32.0. The molecule has 2 aromatic carbocycles. The summed E-state index contributed by atoms with van der Waals surface area (Å²) in [6, 6.07) is 13.6. The summed E-state index contributed by atoms with van der Waals surface area (Å²) in [4.78, 5) is 49.4. The van der Waals surface area contributed by atoms with Crippen LogP contribution in [0.1, 0.15) is 115 Å². The molecule has 3 N–H and O–H groups in total. The average Bonchev–Trinajstić information content (AvgIpc) is 3.31. The van der Waals surface area contributed by atoms with Crippen LogP contribution in [0.15, 0.2) is 107 Å². The van der Waals surface area contributed by atoms with E-state index in [0.29, 0.717) is 47.7 Å². The van der Waals surface area contributed by atoms with Gasteiger partial charge in [0.25, 0.3) is 5.92 Å². The van der Waals surface area contributed by atoms with Gasteiger partial charge in [-0.05, 0) is 173 Å². The first kappa shape index (κ1) is 55.3. The Hall–Kier alpha value is -6.03. The van der Waals surface area contributed by atoms with Crippen molar-refractivity contribution in [3.63, 3.8) is 0 Å². The Labute approximate surface area is 399 Å². The Kier molecular flexibility index (Phi) is 24.4. The van der Waals surface area contributed by atoms with Gasteiger partial charge in [-0.1, -0.05) is 35.4 Å². The maximum absolute atomic E-state index is 13.0. The number of nitrogens with zero attached hydrogens (tertiary/aromatic N) is 1. The van der Waals surface area contributed by atoms with Gasteiger partial charge in [-0.2, -0.15) is 0 Å². The van der Waals surface area contributed by atoms with Gasteiger partial charge in [-0.15, -0.1) is 6.58 Å². The minimum atomic E-state index is -2.92. The summed E-state index contributed by atoms with van der Waals surface area (Å²) < 4.78 is 53.3. The van der Waals surface area contributed by atoms with Gasteiger partial charge in [0.2, 0.25) is 0 Å². The molecular weight excluding hydrogens is 936 g/mol. The molecule has 0 radical (unpaired) electrons. The molecule has 0 amide bonds. The molecule has 0 aliphatic heterocycles. The van der Waals surface area contributed by atoms with Crippen molar-refractivity contribution in [1.29, 1.82) is 0 Å². The number of alkyl halides is 2. The number of aromatic nitrogens is 1. The van der Waals surface area contributed by atoms with Crippen molar-refractivity contribution in [2.24, 2.45) is 0 Å². The number of carboxylic acid groups (broad SMARTS) is 3. The van der Waals surface area contributed by atoms with Crippen LogP contribution in [0, 0.1) is 0 Å². The van der Waals surface area contributed by atoms with Gasteiger partial charge in [0, 0.05) is 24.8 Å². The Bertz CT molecular complexity index is 2150. The number of methoxy groups -OCH3 is 1. The molecule has 0 saturated heterocycles. The van der Waals surface area contributed by atoms with Gasteiger partial charge in [0.1, 0.15) is 10.4 Å². The monoisotopic (exact) mass is 997 g/mol. The van der Waals surface area contributed by atoms with Crippen molar-refractivity contribution in [1.82, 2.24) is 4.98 Å². The molecule has 3 aromatic rings. The molecule has 0 bridgehead atoms. The maximum atomic E-state index is 13.0. The number of halogens is 3. The Morgan fingerprint density at radius 3 is 1.84 bits per heavy atom. The zero-order chi connectivity index (χ0) is 49.2. The molecular formula is C51H62BrF2NO12. The lowest BCUT2D eigenvalue weighted by Gasteiger charge is -2.19. The molecule has 1 aromatic heterocycles. The number of benzene rings is 2. The van der Waals surface area contributed by atoms with Gasteiger partial charge in [-0.3, -0.25) is 0 Å². The van der Waals surface area contributed by atoms with E-state index in [1.165, 1.54) is 74.3 Å². The van der Waals surface area contributed by atoms with Gasteiger partial charge in [-0.25, -0.2) is 32.9 Å². The highest BCUT2D eigenvalue weighted by Crippen LogP contribution is 2.32. The minimum absolute atomic E-state index is 0.141. The van der Waals surface area contributed by atoms with E-state index in [1.807, 2.05) is 0 Å². The molecule has 3 unspecified atom stereocenters. The molecule has 5 rings (SSSR count). The number of hydrogen-bond donors (Lipinski definition) is 3. The largest absolute Gasteiger partial charge is 0.493 e. The SMILES string of the molecule is C=CCCC(Oc1ccc(C(C)(F)F)cc1)C(=O)O.CCOC(=O)/C=C/c1ccc(OC(CCC2=CCCCC2)C(=O)O)c(OC)c1.O=C(O)C(CCC1=CCCCC1)Oc1cccnc1Br. The van der Waals surface area contributed by atoms with E-state index in [2.05, 4.69) is 39.6 Å². The minimum Gasteiger partial charge on any atom is -0.493 e. The standard InChI is InChI=1S/C22H28O6.C15H18BrNO3.C14H16F2O3/c1-3-27-21(23)14-11-17-10-12-18(20(15-17)26-2)28-19(22(24)25)13-9-16-7-5-4-6-8-16;16-14-12(7-4-10-17-14)20-13(15(18)19)9-8-11-5-2-1-3-6-11;1-3-4-5-12(13(17)18)19-11-8-6-10(7-9-11)14(2,15)16/h7,10-12,14-15,19H,3-6,8-9,13H2,1-2H3,(H,24,25);4-5,7,10,13H,1-3,6,8-9H2,(H,18,19);3,6-9,12H,1,4-5H2,2H3,(H,17,18)/b14-11+;;. The summed E-state index contributed by atoms with van der Waals surface area (Å²) in [5, 5.41) is 27.8. The van der Waals surface area contributed by atoms with Crippen LogP contribution in [0.2, 0.25) is 0 Å². The molecule has 2 aliphatic rings. The van der Waals surface area contributed by atoms with Gasteiger partial charge in [0.05, 0.1) is 13.7 Å². The second-order valence-corrected chi connectivity index (χ2v) is 16.4. The normalized spacial score (nSPS) is 14.8. The summed E-state index contributed by atoms with van der Waals surface area (Å²) in [5.41, 5.74) is 3.25. The lowest BCUT2D eigenvalue weighted by atomic mass is 9.95. The molecule has 0 saturated carbocycles. The fraction of sp³-hybridized carbons (Fsp3) is 0.431. The lowest BCUT2D eigenvalue weighted by Crippen LogP contribution is -2.27. The number of allylic oxidation sites excluding steroid dienone is 5. The van der Waals surface area contributed by atoms with Crippen LogP contribution in [-0.4, -0.2) is 76.2 Å². The molecule has 13 nitrogen and oxygen atoms in total. The van der Waals surface area contributed by atoms with Crippen molar-refractivity contribution in [3.8, 4) is 23.0 Å². The van der Waals surface area contributed by atoms with Crippen LogP contribution in [0.3, 0.4) is 0 Å². The predicted molar refractivity (Wildman–Crippen MR) is 254 cm³/mol. The number of esters is 1. The third-order valence-corrected chi connectivity index (χ3v) is 11.1. The third-order valence-electron chi connectivity index (χ3n) is 10.5. The van der Waals surface area contributed by atoms with E-state index in [1.54, 1.807) is 55.6 Å². The summed E-state index contributed by atoms with van der Waals surface area (Å²) in [6.07, 6.45) is 20.1. The second kappa shape index (κ2) is 29.6. The highest BCUT2D eigenvalue weighted by molar-refractivity contribution is 9.10. The zero-order valence-electron chi connectivity index (χ0n) is 38.3. The van der Waals surface area contributed by atoms with Crippen LogP contribution >= 0.6 is 15.9 Å². The molecule has 2 aliphatic carbocycles. The molecule has 0 spiro atoms. The number of rotatable bonds is 23. The fourth-order valence-corrected chi connectivity index (χ4v) is 7.20. The van der Waals surface area contributed by atoms with E-state index in [9.17, 15) is 38.2 Å². The number of hydrogen-bond acceptors (Lipinski definition) is 10. The van der Waals surface area contributed by atoms with Crippen LogP contribution in [-0.2, 0) is 29.8 Å². The van der Waals surface area contributed by atoms with Crippen LogP contribution in [0.5, 0.6) is 23.0 Å². The van der Waals surface area contributed by atoms with E-state index in [-0.39, 0.29) is 17.7 Å². The first-order valence-corrected chi connectivity index (χ1v) is 23.1. The number of ether oxygens (including phenoxy) is 5. The Morgan fingerprint density at radius 2 is 1.36 bits per heavy atom.